The molecule has 0 aromatic heterocycles. The minimum Gasteiger partial charge on any atom is -0.306 e. The van der Waals surface area contributed by atoms with Gasteiger partial charge in [-0.25, -0.2) is 0 Å². The van der Waals surface area contributed by atoms with Crippen molar-refractivity contribution in [3.05, 3.63) is 68.3 Å². The molecule has 0 amide bonds. The number of hydrogen-bond acceptors (Lipinski definition) is 1. The fourth-order valence-corrected chi connectivity index (χ4v) is 2.58. The van der Waals surface area contributed by atoms with Crippen LogP contribution in [0.3, 0.4) is 0 Å². The first-order valence-electron chi connectivity index (χ1n) is 6.45. The molecule has 100 valence electrons. The summed E-state index contributed by atoms with van der Waals surface area (Å²) in [7, 11) is 0. The molecule has 0 fully saturated rings. The largest absolute Gasteiger partial charge is 0.306 e. The molecule has 3 heteroatoms. The summed E-state index contributed by atoms with van der Waals surface area (Å²) in [6, 6.07) is 17.0. The number of halogens is 2. The molecular weight excluding hydrogens is 369 g/mol. The molecule has 1 nitrogen and oxygen atoms in total. The molecule has 2 rings (SSSR count). The van der Waals surface area contributed by atoms with Gasteiger partial charge in [-0.2, -0.15) is 0 Å². The lowest BCUT2D eigenvalue weighted by molar-refractivity contribution is 0.598. The van der Waals surface area contributed by atoms with Crippen LogP contribution in [0.5, 0.6) is 0 Å². The van der Waals surface area contributed by atoms with Crippen molar-refractivity contribution in [2.75, 3.05) is 6.54 Å². The van der Waals surface area contributed by atoms with Crippen LogP contribution in [-0.4, -0.2) is 6.54 Å². The van der Waals surface area contributed by atoms with E-state index >= 15 is 0 Å². The maximum atomic E-state index is 6.24. The summed E-state index contributed by atoms with van der Waals surface area (Å²) >= 11 is 8.50. The minimum atomic E-state index is 0.204. The van der Waals surface area contributed by atoms with Crippen LogP contribution >= 0.6 is 34.2 Å². The van der Waals surface area contributed by atoms with Gasteiger partial charge in [0.15, 0.2) is 0 Å². The first kappa shape index (κ1) is 14.8. The Hall–Kier alpha value is -0.580. The summed E-state index contributed by atoms with van der Waals surface area (Å²) in [6.07, 6.45) is 1.11. The molecule has 0 saturated heterocycles. The van der Waals surface area contributed by atoms with Crippen molar-refractivity contribution >= 4 is 34.2 Å². The Labute approximate surface area is 133 Å². The molecular formula is C16H17ClIN. The van der Waals surface area contributed by atoms with Crippen molar-refractivity contribution < 1.29 is 0 Å². The summed E-state index contributed by atoms with van der Waals surface area (Å²) < 4.78 is 1.09. The fourth-order valence-electron chi connectivity index (χ4n) is 2.05. The predicted molar refractivity (Wildman–Crippen MR) is 90.7 cm³/mol. The predicted octanol–water partition coefficient (Wildman–Crippen LogP) is 5.03. The molecule has 0 spiro atoms. The van der Waals surface area contributed by atoms with E-state index in [2.05, 4.69) is 77.3 Å². The highest BCUT2D eigenvalue weighted by atomic mass is 127. The summed E-state index contributed by atoms with van der Waals surface area (Å²) in [6.45, 7) is 3.17. The second kappa shape index (κ2) is 7.27. The van der Waals surface area contributed by atoms with Gasteiger partial charge >= 0.3 is 0 Å². The van der Waals surface area contributed by atoms with E-state index in [9.17, 15) is 0 Å². The summed E-state index contributed by atoms with van der Waals surface area (Å²) in [5.41, 5.74) is 2.48. The van der Waals surface area contributed by atoms with Gasteiger partial charge in [-0.3, -0.25) is 0 Å². The van der Waals surface area contributed by atoms with Crippen LogP contribution < -0.4 is 5.32 Å². The topological polar surface area (TPSA) is 12.0 Å². The van der Waals surface area contributed by atoms with Crippen LogP contribution in [0.15, 0.2) is 48.5 Å². The van der Waals surface area contributed by atoms with E-state index in [4.69, 9.17) is 11.6 Å². The van der Waals surface area contributed by atoms with Crippen molar-refractivity contribution in [3.63, 3.8) is 0 Å². The van der Waals surface area contributed by atoms with E-state index in [1.807, 2.05) is 6.07 Å². The smallest absolute Gasteiger partial charge is 0.0577 e. The van der Waals surface area contributed by atoms with Crippen LogP contribution in [0, 0.1) is 3.57 Å². The highest BCUT2D eigenvalue weighted by Crippen LogP contribution is 2.27. The Morgan fingerprint density at radius 2 is 1.84 bits per heavy atom. The van der Waals surface area contributed by atoms with E-state index in [1.54, 1.807) is 0 Å². The summed E-state index contributed by atoms with van der Waals surface area (Å²) in [4.78, 5) is 0. The number of hydrogen-bond donors (Lipinski definition) is 1. The van der Waals surface area contributed by atoms with Crippen molar-refractivity contribution in [3.8, 4) is 0 Å². The minimum absolute atomic E-state index is 0.204. The lowest BCUT2D eigenvalue weighted by atomic mass is 9.98. The monoisotopic (exact) mass is 385 g/mol. The van der Waals surface area contributed by atoms with Crippen molar-refractivity contribution in [2.24, 2.45) is 0 Å². The molecule has 0 bridgehead atoms. The van der Waals surface area contributed by atoms with Crippen molar-refractivity contribution in [2.45, 2.75) is 19.4 Å². The average molecular weight is 386 g/mol. The van der Waals surface area contributed by atoms with E-state index in [-0.39, 0.29) is 6.04 Å². The molecule has 19 heavy (non-hydrogen) atoms. The van der Waals surface area contributed by atoms with Gasteiger partial charge in [0.05, 0.1) is 11.1 Å². The zero-order valence-electron chi connectivity index (χ0n) is 10.9. The van der Waals surface area contributed by atoms with Gasteiger partial charge in [0.25, 0.3) is 0 Å². The lowest BCUT2D eigenvalue weighted by Gasteiger charge is -2.20. The normalized spacial score (nSPS) is 12.4. The maximum absolute atomic E-state index is 6.24. The standard InChI is InChI=1S/C16H17ClIN/c1-2-10-19-16(12-6-4-3-5-7-12)13-8-9-15(18)14(17)11-13/h3-9,11,16,19H,2,10H2,1H3. The molecule has 0 aliphatic carbocycles. The molecule has 0 saturated carbocycles. The van der Waals surface area contributed by atoms with Crippen LogP contribution in [0.1, 0.15) is 30.5 Å². The van der Waals surface area contributed by atoms with E-state index < -0.39 is 0 Å². The summed E-state index contributed by atoms with van der Waals surface area (Å²) in [5.74, 6) is 0. The van der Waals surface area contributed by atoms with Gasteiger partial charge < -0.3 is 5.32 Å². The molecule has 0 aliphatic heterocycles. The third-order valence-electron chi connectivity index (χ3n) is 3.01. The summed E-state index contributed by atoms with van der Waals surface area (Å²) in [5, 5.41) is 4.40. The van der Waals surface area contributed by atoms with Gasteiger partial charge in [0.1, 0.15) is 0 Å². The Morgan fingerprint density at radius 1 is 1.11 bits per heavy atom. The fraction of sp³-hybridized carbons (Fsp3) is 0.250. The highest BCUT2D eigenvalue weighted by Gasteiger charge is 2.13. The number of benzene rings is 2. The van der Waals surface area contributed by atoms with Crippen molar-refractivity contribution in [1.29, 1.82) is 0 Å². The third-order valence-corrected chi connectivity index (χ3v) is 4.58. The molecule has 1 unspecified atom stereocenters. The van der Waals surface area contributed by atoms with Crippen LogP contribution in [0.4, 0.5) is 0 Å². The Bertz CT molecular complexity index is 528. The lowest BCUT2D eigenvalue weighted by Crippen LogP contribution is -2.23. The highest BCUT2D eigenvalue weighted by molar-refractivity contribution is 14.1. The SMILES string of the molecule is CCCNC(c1ccccc1)c1ccc(I)c(Cl)c1. The van der Waals surface area contributed by atoms with Gasteiger partial charge in [0, 0.05) is 3.57 Å². The average Bonchev–Trinajstić information content (AvgIpc) is 2.44. The molecule has 1 atom stereocenters. The third kappa shape index (κ3) is 3.94. The molecule has 2 aromatic rings. The molecule has 2 aromatic carbocycles. The second-order valence-corrected chi connectivity index (χ2v) is 6.04. The first-order valence-corrected chi connectivity index (χ1v) is 7.91. The van der Waals surface area contributed by atoms with E-state index in [1.165, 1.54) is 11.1 Å². The Balaban J connectivity index is 2.34. The first-order chi connectivity index (χ1) is 9.22. The zero-order valence-corrected chi connectivity index (χ0v) is 13.8. The van der Waals surface area contributed by atoms with Crippen molar-refractivity contribution in [1.82, 2.24) is 5.32 Å². The van der Waals surface area contributed by atoms with Crippen LogP contribution in [0.2, 0.25) is 5.02 Å². The van der Waals surface area contributed by atoms with Crippen LogP contribution in [-0.2, 0) is 0 Å². The van der Waals surface area contributed by atoms with E-state index in [0.29, 0.717) is 0 Å². The quantitative estimate of drug-likeness (QED) is 0.712. The van der Waals surface area contributed by atoms with Gasteiger partial charge in [-0.1, -0.05) is 54.9 Å². The van der Waals surface area contributed by atoms with E-state index in [0.717, 1.165) is 21.6 Å². The molecule has 0 aliphatic rings. The van der Waals surface area contributed by atoms with Gasteiger partial charge in [-0.15, -0.1) is 0 Å². The Kier molecular flexibility index (Phi) is 5.67. The second-order valence-electron chi connectivity index (χ2n) is 4.47. The van der Waals surface area contributed by atoms with Crippen LogP contribution in [0.25, 0.3) is 0 Å². The molecule has 0 heterocycles. The zero-order chi connectivity index (χ0) is 13.7. The number of rotatable bonds is 5. The molecule has 0 radical (unpaired) electrons. The van der Waals surface area contributed by atoms with Gasteiger partial charge in [-0.05, 0) is 58.8 Å². The van der Waals surface area contributed by atoms with Gasteiger partial charge in [0.2, 0.25) is 0 Å². The Morgan fingerprint density at radius 3 is 2.47 bits per heavy atom. The molecule has 1 N–H and O–H groups in total. The number of nitrogens with one attached hydrogen (secondary N) is 1. The maximum Gasteiger partial charge on any atom is 0.0577 e.